The van der Waals surface area contributed by atoms with Crippen LogP contribution in [-0.4, -0.2) is 52.8 Å². The normalized spacial score (nSPS) is 15.0. The SMILES string of the molecule is Cc1ccc(C(=O)N2CCCN(C(=O)c3ccncc3)CC2)cc1. The molecule has 124 valence electrons. The fourth-order valence-electron chi connectivity index (χ4n) is 2.88. The van der Waals surface area contributed by atoms with Crippen LogP contribution in [0.3, 0.4) is 0 Å². The summed E-state index contributed by atoms with van der Waals surface area (Å²) in [5, 5.41) is 0. The monoisotopic (exact) mass is 323 g/mol. The number of carbonyl (C=O) groups is 2. The van der Waals surface area contributed by atoms with Gasteiger partial charge in [0.2, 0.25) is 0 Å². The van der Waals surface area contributed by atoms with E-state index in [0.717, 1.165) is 12.0 Å². The van der Waals surface area contributed by atoms with Crippen LogP contribution in [0.5, 0.6) is 0 Å². The average molecular weight is 323 g/mol. The largest absolute Gasteiger partial charge is 0.337 e. The molecule has 3 rings (SSSR count). The highest BCUT2D eigenvalue weighted by molar-refractivity contribution is 5.95. The van der Waals surface area contributed by atoms with E-state index in [0.29, 0.717) is 37.3 Å². The van der Waals surface area contributed by atoms with Crippen molar-refractivity contribution in [3.63, 3.8) is 0 Å². The van der Waals surface area contributed by atoms with Crippen LogP contribution >= 0.6 is 0 Å². The van der Waals surface area contributed by atoms with Crippen molar-refractivity contribution >= 4 is 11.8 Å². The molecule has 0 saturated carbocycles. The minimum absolute atomic E-state index is 0.00188. The van der Waals surface area contributed by atoms with E-state index in [-0.39, 0.29) is 11.8 Å². The second kappa shape index (κ2) is 7.25. The molecule has 1 fully saturated rings. The van der Waals surface area contributed by atoms with E-state index in [1.54, 1.807) is 24.5 Å². The molecule has 1 saturated heterocycles. The molecule has 0 atom stereocenters. The average Bonchev–Trinajstić information content (AvgIpc) is 2.88. The van der Waals surface area contributed by atoms with Gasteiger partial charge in [0.25, 0.3) is 11.8 Å². The van der Waals surface area contributed by atoms with Gasteiger partial charge in [-0.15, -0.1) is 0 Å². The Morgan fingerprint density at radius 2 is 1.29 bits per heavy atom. The van der Waals surface area contributed by atoms with Gasteiger partial charge in [-0.05, 0) is 37.6 Å². The van der Waals surface area contributed by atoms with Gasteiger partial charge in [-0.2, -0.15) is 0 Å². The Bertz CT molecular complexity index is 713. The topological polar surface area (TPSA) is 53.5 Å². The molecular formula is C19H21N3O2. The summed E-state index contributed by atoms with van der Waals surface area (Å²) in [6.45, 7) is 4.46. The summed E-state index contributed by atoms with van der Waals surface area (Å²) in [6, 6.07) is 11.1. The van der Waals surface area contributed by atoms with Crippen molar-refractivity contribution in [2.24, 2.45) is 0 Å². The highest BCUT2D eigenvalue weighted by atomic mass is 16.2. The first-order valence-corrected chi connectivity index (χ1v) is 8.20. The fraction of sp³-hybridized carbons (Fsp3) is 0.316. The maximum absolute atomic E-state index is 12.6. The first-order chi connectivity index (χ1) is 11.6. The second-order valence-corrected chi connectivity index (χ2v) is 6.04. The first-order valence-electron chi connectivity index (χ1n) is 8.20. The van der Waals surface area contributed by atoms with E-state index in [1.807, 2.05) is 41.0 Å². The Morgan fingerprint density at radius 3 is 1.83 bits per heavy atom. The van der Waals surface area contributed by atoms with Gasteiger partial charge in [-0.3, -0.25) is 14.6 Å². The molecule has 0 bridgehead atoms. The summed E-state index contributed by atoms with van der Waals surface area (Å²) in [5.41, 5.74) is 2.48. The van der Waals surface area contributed by atoms with Gasteiger partial charge < -0.3 is 9.80 Å². The summed E-state index contributed by atoms with van der Waals surface area (Å²) in [4.78, 5) is 32.8. The van der Waals surface area contributed by atoms with Crippen LogP contribution in [0.15, 0.2) is 48.8 Å². The van der Waals surface area contributed by atoms with Gasteiger partial charge in [0, 0.05) is 49.7 Å². The molecule has 2 heterocycles. The molecule has 0 spiro atoms. The Hall–Kier alpha value is -2.69. The van der Waals surface area contributed by atoms with Crippen LogP contribution in [0.4, 0.5) is 0 Å². The third kappa shape index (κ3) is 3.62. The van der Waals surface area contributed by atoms with E-state index in [2.05, 4.69) is 4.98 Å². The van der Waals surface area contributed by atoms with Crippen LogP contribution in [0.2, 0.25) is 0 Å². The highest BCUT2D eigenvalue weighted by Crippen LogP contribution is 2.12. The molecule has 0 radical (unpaired) electrons. The van der Waals surface area contributed by atoms with Crippen molar-refractivity contribution in [1.82, 2.24) is 14.8 Å². The van der Waals surface area contributed by atoms with Gasteiger partial charge >= 0.3 is 0 Å². The van der Waals surface area contributed by atoms with Gasteiger partial charge in [0.1, 0.15) is 0 Å². The molecule has 0 unspecified atom stereocenters. The van der Waals surface area contributed by atoms with E-state index in [9.17, 15) is 9.59 Å². The number of hydrogen-bond donors (Lipinski definition) is 0. The molecular weight excluding hydrogens is 302 g/mol. The number of aryl methyl sites for hydroxylation is 1. The van der Waals surface area contributed by atoms with Crippen LogP contribution in [0.1, 0.15) is 32.7 Å². The number of rotatable bonds is 2. The van der Waals surface area contributed by atoms with Crippen LogP contribution < -0.4 is 0 Å². The minimum Gasteiger partial charge on any atom is -0.337 e. The van der Waals surface area contributed by atoms with Crippen LogP contribution in [0.25, 0.3) is 0 Å². The Morgan fingerprint density at radius 1 is 0.792 bits per heavy atom. The van der Waals surface area contributed by atoms with Crippen molar-refractivity contribution < 1.29 is 9.59 Å². The lowest BCUT2D eigenvalue weighted by molar-refractivity contribution is 0.0718. The maximum atomic E-state index is 12.6. The Labute approximate surface area is 141 Å². The number of amides is 2. The van der Waals surface area contributed by atoms with Gasteiger partial charge in [0.15, 0.2) is 0 Å². The molecule has 5 heteroatoms. The zero-order chi connectivity index (χ0) is 16.9. The van der Waals surface area contributed by atoms with Crippen molar-refractivity contribution in [2.45, 2.75) is 13.3 Å². The van der Waals surface area contributed by atoms with Crippen LogP contribution in [-0.2, 0) is 0 Å². The summed E-state index contributed by atoms with van der Waals surface area (Å²) in [7, 11) is 0. The predicted octanol–water partition coefficient (Wildman–Crippen LogP) is 2.38. The third-order valence-electron chi connectivity index (χ3n) is 4.30. The van der Waals surface area contributed by atoms with E-state index < -0.39 is 0 Å². The molecule has 0 N–H and O–H groups in total. The van der Waals surface area contributed by atoms with Gasteiger partial charge in [-0.25, -0.2) is 0 Å². The lowest BCUT2D eigenvalue weighted by Crippen LogP contribution is -2.37. The number of hydrogen-bond acceptors (Lipinski definition) is 3. The molecule has 1 aromatic heterocycles. The van der Waals surface area contributed by atoms with Crippen molar-refractivity contribution in [3.05, 3.63) is 65.5 Å². The van der Waals surface area contributed by atoms with Gasteiger partial charge in [0.05, 0.1) is 0 Å². The summed E-state index contributed by atoms with van der Waals surface area (Å²) in [5.74, 6) is 0.0373. The molecule has 24 heavy (non-hydrogen) atoms. The van der Waals surface area contributed by atoms with Crippen LogP contribution in [0, 0.1) is 6.92 Å². The number of pyridine rings is 1. The molecule has 0 aliphatic carbocycles. The number of aromatic nitrogens is 1. The second-order valence-electron chi connectivity index (χ2n) is 6.04. The van der Waals surface area contributed by atoms with Crippen molar-refractivity contribution in [3.8, 4) is 0 Å². The Balaban J connectivity index is 1.65. The minimum atomic E-state index is 0.00188. The lowest BCUT2D eigenvalue weighted by atomic mass is 10.1. The highest BCUT2D eigenvalue weighted by Gasteiger charge is 2.23. The predicted molar refractivity (Wildman–Crippen MR) is 91.8 cm³/mol. The fourth-order valence-corrected chi connectivity index (χ4v) is 2.88. The number of benzene rings is 1. The third-order valence-corrected chi connectivity index (χ3v) is 4.30. The summed E-state index contributed by atoms with van der Waals surface area (Å²) in [6.07, 6.45) is 4.03. The van der Waals surface area contributed by atoms with Gasteiger partial charge in [-0.1, -0.05) is 17.7 Å². The molecule has 1 aliphatic rings. The zero-order valence-electron chi connectivity index (χ0n) is 13.8. The number of nitrogens with zero attached hydrogens (tertiary/aromatic N) is 3. The quantitative estimate of drug-likeness (QED) is 0.852. The smallest absolute Gasteiger partial charge is 0.254 e. The Kier molecular flexibility index (Phi) is 4.89. The zero-order valence-corrected chi connectivity index (χ0v) is 13.8. The maximum Gasteiger partial charge on any atom is 0.254 e. The summed E-state index contributed by atoms with van der Waals surface area (Å²) < 4.78 is 0. The molecule has 1 aliphatic heterocycles. The molecule has 1 aromatic carbocycles. The van der Waals surface area contributed by atoms with Crippen molar-refractivity contribution in [2.75, 3.05) is 26.2 Å². The standard InChI is InChI=1S/C19H21N3O2/c1-15-3-5-16(6-4-15)18(23)21-11-2-12-22(14-13-21)19(24)17-7-9-20-10-8-17/h3-10H,2,11-14H2,1H3. The molecule has 5 nitrogen and oxygen atoms in total. The van der Waals surface area contributed by atoms with E-state index >= 15 is 0 Å². The van der Waals surface area contributed by atoms with Crippen molar-refractivity contribution in [1.29, 1.82) is 0 Å². The van der Waals surface area contributed by atoms with E-state index in [1.165, 1.54) is 0 Å². The number of carbonyl (C=O) groups excluding carboxylic acids is 2. The summed E-state index contributed by atoms with van der Waals surface area (Å²) >= 11 is 0. The lowest BCUT2D eigenvalue weighted by Gasteiger charge is -2.22. The molecule has 2 amide bonds. The molecule has 2 aromatic rings. The first kappa shape index (κ1) is 16.2. The van der Waals surface area contributed by atoms with E-state index in [4.69, 9.17) is 0 Å².